The molecule has 20 heavy (non-hydrogen) atoms. The molecule has 3 heteroatoms. The second kappa shape index (κ2) is 6.77. The molecule has 0 spiro atoms. The standard InChI is InChI=1S/C17H18Br2O/c1-11(2)20-15-7-4-13(5-8-15)17(19)16-9-6-14(18)10-12(16)3/h4-11,17H,1-3H3. The first-order valence-electron chi connectivity index (χ1n) is 6.64. The molecule has 0 aliphatic heterocycles. The number of alkyl halides is 1. The molecular weight excluding hydrogens is 380 g/mol. The van der Waals surface area contributed by atoms with Gasteiger partial charge < -0.3 is 4.74 Å². The molecule has 1 atom stereocenters. The second-order valence-electron chi connectivity index (χ2n) is 5.10. The van der Waals surface area contributed by atoms with Gasteiger partial charge in [-0.25, -0.2) is 0 Å². The highest BCUT2D eigenvalue weighted by Crippen LogP contribution is 2.34. The fourth-order valence-corrected chi connectivity index (χ4v) is 3.39. The second-order valence-corrected chi connectivity index (χ2v) is 6.93. The Bertz CT molecular complexity index is 576. The third kappa shape index (κ3) is 3.86. The van der Waals surface area contributed by atoms with Crippen LogP contribution in [0.25, 0.3) is 0 Å². The highest BCUT2D eigenvalue weighted by molar-refractivity contribution is 9.10. The predicted octanol–water partition coefficient (Wildman–Crippen LogP) is 6.03. The van der Waals surface area contributed by atoms with Gasteiger partial charge in [0.15, 0.2) is 0 Å². The van der Waals surface area contributed by atoms with Gasteiger partial charge in [-0.15, -0.1) is 0 Å². The third-order valence-electron chi connectivity index (χ3n) is 3.05. The van der Waals surface area contributed by atoms with E-state index in [1.807, 2.05) is 26.0 Å². The average molecular weight is 398 g/mol. The molecule has 0 radical (unpaired) electrons. The van der Waals surface area contributed by atoms with E-state index in [1.54, 1.807) is 0 Å². The molecule has 2 aromatic rings. The lowest BCUT2D eigenvalue weighted by atomic mass is 10.0. The largest absolute Gasteiger partial charge is 0.491 e. The minimum atomic E-state index is 0.198. The first kappa shape index (κ1) is 15.6. The molecule has 2 rings (SSSR count). The lowest BCUT2D eigenvalue weighted by molar-refractivity contribution is 0.242. The topological polar surface area (TPSA) is 9.23 Å². The molecule has 0 heterocycles. The van der Waals surface area contributed by atoms with Gasteiger partial charge in [0.1, 0.15) is 5.75 Å². The zero-order valence-corrected chi connectivity index (χ0v) is 15.0. The van der Waals surface area contributed by atoms with E-state index < -0.39 is 0 Å². The summed E-state index contributed by atoms with van der Waals surface area (Å²) in [6, 6.07) is 14.6. The Balaban J connectivity index is 2.22. The lowest BCUT2D eigenvalue weighted by Crippen LogP contribution is -2.05. The molecule has 2 aromatic carbocycles. The van der Waals surface area contributed by atoms with Crippen molar-refractivity contribution in [1.82, 2.24) is 0 Å². The smallest absolute Gasteiger partial charge is 0.119 e. The monoisotopic (exact) mass is 396 g/mol. The molecule has 0 N–H and O–H groups in total. The summed E-state index contributed by atoms with van der Waals surface area (Å²) in [7, 11) is 0. The molecule has 0 saturated heterocycles. The van der Waals surface area contributed by atoms with Crippen molar-refractivity contribution < 1.29 is 4.74 Å². The predicted molar refractivity (Wildman–Crippen MR) is 91.9 cm³/mol. The molecule has 0 aliphatic rings. The van der Waals surface area contributed by atoms with Crippen molar-refractivity contribution in [2.75, 3.05) is 0 Å². The van der Waals surface area contributed by atoms with Crippen molar-refractivity contribution in [3.63, 3.8) is 0 Å². The first-order valence-corrected chi connectivity index (χ1v) is 8.35. The van der Waals surface area contributed by atoms with Gasteiger partial charge in [0.2, 0.25) is 0 Å². The van der Waals surface area contributed by atoms with E-state index >= 15 is 0 Å². The van der Waals surface area contributed by atoms with E-state index in [0.717, 1.165) is 10.2 Å². The SMILES string of the molecule is Cc1cc(Br)ccc1C(Br)c1ccc(OC(C)C)cc1. The van der Waals surface area contributed by atoms with Gasteiger partial charge >= 0.3 is 0 Å². The van der Waals surface area contributed by atoms with Crippen LogP contribution in [0.4, 0.5) is 0 Å². The maximum atomic E-state index is 5.67. The molecule has 0 aliphatic carbocycles. The maximum absolute atomic E-state index is 5.67. The van der Waals surface area contributed by atoms with Crippen LogP contribution in [0.15, 0.2) is 46.9 Å². The molecule has 1 unspecified atom stereocenters. The van der Waals surface area contributed by atoms with Gasteiger partial charge in [0, 0.05) is 4.47 Å². The van der Waals surface area contributed by atoms with Crippen LogP contribution in [0.2, 0.25) is 0 Å². The fourth-order valence-electron chi connectivity index (χ4n) is 2.09. The number of hydrogen-bond donors (Lipinski definition) is 0. The first-order chi connectivity index (χ1) is 9.47. The average Bonchev–Trinajstić information content (AvgIpc) is 2.38. The van der Waals surface area contributed by atoms with Crippen LogP contribution < -0.4 is 4.74 Å². The Morgan fingerprint density at radius 3 is 2.20 bits per heavy atom. The minimum Gasteiger partial charge on any atom is -0.491 e. The summed E-state index contributed by atoms with van der Waals surface area (Å²) in [6.45, 7) is 6.20. The van der Waals surface area contributed by atoms with Crippen molar-refractivity contribution in [2.45, 2.75) is 31.7 Å². The van der Waals surface area contributed by atoms with E-state index in [0.29, 0.717) is 0 Å². The molecule has 0 bridgehead atoms. The van der Waals surface area contributed by atoms with Crippen LogP contribution in [-0.4, -0.2) is 6.10 Å². The van der Waals surface area contributed by atoms with E-state index in [1.165, 1.54) is 16.7 Å². The lowest BCUT2D eigenvalue weighted by Gasteiger charge is -2.15. The third-order valence-corrected chi connectivity index (χ3v) is 4.56. The molecule has 1 nitrogen and oxygen atoms in total. The Kier molecular flexibility index (Phi) is 5.28. The van der Waals surface area contributed by atoms with Crippen molar-refractivity contribution >= 4 is 31.9 Å². The van der Waals surface area contributed by atoms with E-state index in [9.17, 15) is 0 Å². The summed E-state index contributed by atoms with van der Waals surface area (Å²) in [5, 5.41) is 0. The summed E-state index contributed by atoms with van der Waals surface area (Å²) in [5.74, 6) is 0.913. The molecule has 0 saturated carbocycles. The summed E-state index contributed by atoms with van der Waals surface area (Å²) in [4.78, 5) is 0.198. The number of hydrogen-bond acceptors (Lipinski definition) is 1. The number of ether oxygens (including phenoxy) is 1. The van der Waals surface area contributed by atoms with Gasteiger partial charge in [-0.05, 0) is 61.7 Å². The Morgan fingerprint density at radius 2 is 1.65 bits per heavy atom. The number of rotatable bonds is 4. The van der Waals surface area contributed by atoms with Crippen molar-refractivity contribution in [3.05, 3.63) is 63.6 Å². The minimum absolute atomic E-state index is 0.198. The summed E-state index contributed by atoms with van der Waals surface area (Å²) in [6.07, 6.45) is 0.203. The Morgan fingerprint density at radius 1 is 1.00 bits per heavy atom. The highest BCUT2D eigenvalue weighted by atomic mass is 79.9. The van der Waals surface area contributed by atoms with Crippen LogP contribution >= 0.6 is 31.9 Å². The van der Waals surface area contributed by atoms with Gasteiger partial charge in [-0.3, -0.25) is 0 Å². The van der Waals surface area contributed by atoms with Gasteiger partial charge in [0.05, 0.1) is 10.9 Å². The van der Waals surface area contributed by atoms with Gasteiger partial charge in [-0.2, -0.15) is 0 Å². The molecule has 0 fully saturated rings. The zero-order valence-electron chi connectivity index (χ0n) is 11.9. The van der Waals surface area contributed by atoms with Gasteiger partial charge in [0.25, 0.3) is 0 Å². The van der Waals surface area contributed by atoms with Crippen LogP contribution in [0, 0.1) is 6.92 Å². The molecule has 106 valence electrons. The van der Waals surface area contributed by atoms with Crippen LogP contribution in [0.3, 0.4) is 0 Å². The normalized spacial score (nSPS) is 12.5. The van der Waals surface area contributed by atoms with Crippen molar-refractivity contribution in [1.29, 1.82) is 0 Å². The number of halogens is 2. The van der Waals surface area contributed by atoms with Crippen LogP contribution in [0.1, 0.15) is 35.4 Å². The van der Waals surface area contributed by atoms with Crippen LogP contribution in [0.5, 0.6) is 5.75 Å². The quantitative estimate of drug-likeness (QED) is 0.572. The number of aryl methyl sites for hydroxylation is 1. The molecule has 0 aromatic heterocycles. The van der Waals surface area contributed by atoms with Crippen molar-refractivity contribution in [3.8, 4) is 5.75 Å². The number of benzene rings is 2. The Hall–Kier alpha value is -0.800. The fraction of sp³-hybridized carbons (Fsp3) is 0.294. The van der Waals surface area contributed by atoms with Crippen LogP contribution in [-0.2, 0) is 0 Å². The summed E-state index contributed by atoms with van der Waals surface area (Å²) in [5.41, 5.74) is 3.78. The highest BCUT2D eigenvalue weighted by Gasteiger charge is 2.13. The summed E-state index contributed by atoms with van der Waals surface area (Å²) >= 11 is 7.29. The van der Waals surface area contributed by atoms with E-state index in [4.69, 9.17) is 4.74 Å². The molecular formula is C17H18Br2O. The zero-order chi connectivity index (χ0) is 14.7. The van der Waals surface area contributed by atoms with E-state index in [-0.39, 0.29) is 10.9 Å². The van der Waals surface area contributed by atoms with Crippen molar-refractivity contribution in [2.24, 2.45) is 0 Å². The summed E-state index contributed by atoms with van der Waals surface area (Å²) < 4.78 is 6.78. The Labute approximate surface area is 137 Å². The van der Waals surface area contributed by atoms with E-state index in [2.05, 4.69) is 69.1 Å². The maximum Gasteiger partial charge on any atom is 0.119 e. The molecule has 0 amide bonds. The van der Waals surface area contributed by atoms with Gasteiger partial charge in [-0.1, -0.05) is 50.1 Å².